The Balaban J connectivity index is 1.95. The van der Waals surface area contributed by atoms with Gasteiger partial charge in [0, 0.05) is 24.7 Å². The van der Waals surface area contributed by atoms with Gasteiger partial charge in [-0.15, -0.1) is 0 Å². The molecule has 0 bridgehead atoms. The van der Waals surface area contributed by atoms with Crippen LogP contribution < -0.4 is 5.32 Å². The summed E-state index contributed by atoms with van der Waals surface area (Å²) in [7, 11) is 0. The molecule has 98 valence electrons. The largest absolute Gasteiger partial charge is 0.303 e. The molecule has 1 fully saturated rings. The van der Waals surface area contributed by atoms with Crippen molar-refractivity contribution in [3.05, 3.63) is 28.5 Å². The van der Waals surface area contributed by atoms with E-state index in [2.05, 4.69) is 26.2 Å². The second-order valence-electron chi connectivity index (χ2n) is 4.10. The third-order valence-corrected chi connectivity index (χ3v) is 3.42. The predicted molar refractivity (Wildman–Crippen MR) is 69.6 cm³/mol. The smallest absolute Gasteiger partial charge is 0.254 e. The minimum atomic E-state index is -0.979. The quantitative estimate of drug-likeness (QED) is 0.678. The standard InChI is InChI=1S/C11H12BrClFN3O/c12-10-3-1-2-8(16-10)6-17(13)11(18)9-4-7(14)5-15-9/h1-3,7,9,15H,4-6H2/t7-,9+/m1/s1. The van der Waals surface area contributed by atoms with Crippen LogP contribution in [0.2, 0.25) is 0 Å². The second kappa shape index (κ2) is 5.95. The average Bonchev–Trinajstić information content (AvgIpc) is 2.75. The van der Waals surface area contributed by atoms with Gasteiger partial charge in [-0.05, 0) is 28.1 Å². The third-order valence-electron chi connectivity index (χ3n) is 2.69. The van der Waals surface area contributed by atoms with Crippen LogP contribution >= 0.6 is 27.7 Å². The first-order chi connectivity index (χ1) is 8.56. The number of halogens is 3. The summed E-state index contributed by atoms with van der Waals surface area (Å²) in [5.41, 5.74) is 0.669. The normalized spacial score (nSPS) is 23.1. The molecule has 1 amide bonds. The van der Waals surface area contributed by atoms with Gasteiger partial charge in [-0.1, -0.05) is 6.07 Å². The number of nitrogens with one attached hydrogen (secondary N) is 1. The highest BCUT2D eigenvalue weighted by Gasteiger charge is 2.32. The maximum atomic E-state index is 13.0. The van der Waals surface area contributed by atoms with E-state index in [1.54, 1.807) is 12.1 Å². The zero-order valence-corrected chi connectivity index (χ0v) is 11.8. The molecule has 0 radical (unpaired) electrons. The summed E-state index contributed by atoms with van der Waals surface area (Å²) in [5.74, 6) is -0.321. The maximum Gasteiger partial charge on any atom is 0.254 e. The molecule has 0 aromatic carbocycles. The molecule has 7 heteroatoms. The molecule has 1 N–H and O–H groups in total. The number of aromatic nitrogens is 1. The van der Waals surface area contributed by atoms with Gasteiger partial charge in [0.15, 0.2) is 0 Å². The zero-order valence-electron chi connectivity index (χ0n) is 9.44. The van der Waals surface area contributed by atoms with Crippen molar-refractivity contribution in [1.29, 1.82) is 0 Å². The molecule has 1 aromatic rings. The molecule has 0 saturated carbocycles. The molecule has 1 aromatic heterocycles. The van der Waals surface area contributed by atoms with Crippen LogP contribution in [0.3, 0.4) is 0 Å². The fourth-order valence-electron chi connectivity index (χ4n) is 1.81. The van der Waals surface area contributed by atoms with Crippen LogP contribution in [0.25, 0.3) is 0 Å². The van der Waals surface area contributed by atoms with Crippen molar-refractivity contribution in [2.45, 2.75) is 25.2 Å². The van der Waals surface area contributed by atoms with Crippen molar-refractivity contribution >= 4 is 33.6 Å². The monoisotopic (exact) mass is 335 g/mol. The maximum absolute atomic E-state index is 13.0. The van der Waals surface area contributed by atoms with Crippen molar-refractivity contribution in [2.24, 2.45) is 0 Å². The van der Waals surface area contributed by atoms with Crippen LogP contribution in [0.4, 0.5) is 4.39 Å². The van der Waals surface area contributed by atoms with E-state index < -0.39 is 12.2 Å². The highest BCUT2D eigenvalue weighted by molar-refractivity contribution is 9.10. The summed E-state index contributed by atoms with van der Waals surface area (Å²) in [5, 5.41) is 2.80. The van der Waals surface area contributed by atoms with E-state index in [0.29, 0.717) is 10.3 Å². The number of nitrogens with zero attached hydrogens (tertiary/aromatic N) is 2. The molecule has 1 aliphatic heterocycles. The molecule has 0 aliphatic carbocycles. The molecule has 2 atom stereocenters. The minimum absolute atomic E-state index is 0.175. The van der Waals surface area contributed by atoms with Gasteiger partial charge in [-0.2, -0.15) is 0 Å². The number of pyridine rings is 1. The highest BCUT2D eigenvalue weighted by Crippen LogP contribution is 2.16. The van der Waals surface area contributed by atoms with Crippen molar-refractivity contribution < 1.29 is 9.18 Å². The molecule has 18 heavy (non-hydrogen) atoms. The van der Waals surface area contributed by atoms with Gasteiger partial charge in [0.05, 0.1) is 18.3 Å². The van der Waals surface area contributed by atoms with Crippen molar-refractivity contribution in [3.8, 4) is 0 Å². The van der Waals surface area contributed by atoms with Gasteiger partial charge < -0.3 is 5.32 Å². The Morgan fingerprint density at radius 1 is 1.67 bits per heavy atom. The summed E-state index contributed by atoms with van der Waals surface area (Å²) >= 11 is 9.16. The minimum Gasteiger partial charge on any atom is -0.303 e. The van der Waals surface area contributed by atoms with Crippen molar-refractivity contribution in [1.82, 2.24) is 14.7 Å². The number of alkyl halides is 1. The molecule has 1 saturated heterocycles. The predicted octanol–water partition coefficient (Wildman–Crippen LogP) is 2.03. The lowest BCUT2D eigenvalue weighted by Gasteiger charge is -2.17. The average molecular weight is 337 g/mol. The first-order valence-corrected chi connectivity index (χ1v) is 6.65. The van der Waals surface area contributed by atoms with Gasteiger partial charge in [-0.3, -0.25) is 4.79 Å². The number of hydrogen-bond acceptors (Lipinski definition) is 3. The fourth-order valence-corrected chi connectivity index (χ4v) is 2.43. The van der Waals surface area contributed by atoms with E-state index in [4.69, 9.17) is 11.8 Å². The van der Waals surface area contributed by atoms with Crippen LogP contribution in [-0.2, 0) is 11.3 Å². The number of hydrogen-bond donors (Lipinski definition) is 1. The van der Waals surface area contributed by atoms with Crippen LogP contribution in [-0.4, -0.2) is 34.1 Å². The summed E-state index contributed by atoms with van der Waals surface area (Å²) in [6.07, 6.45) is -0.804. The van der Waals surface area contributed by atoms with E-state index in [9.17, 15) is 9.18 Å². The zero-order chi connectivity index (χ0) is 13.1. The van der Waals surface area contributed by atoms with Crippen LogP contribution in [0.15, 0.2) is 22.8 Å². The molecule has 2 heterocycles. The van der Waals surface area contributed by atoms with Crippen molar-refractivity contribution in [2.75, 3.05) is 6.54 Å². The van der Waals surface area contributed by atoms with Gasteiger partial charge in [0.25, 0.3) is 5.91 Å². The van der Waals surface area contributed by atoms with Gasteiger partial charge in [0.2, 0.25) is 0 Å². The van der Waals surface area contributed by atoms with E-state index in [1.807, 2.05) is 6.07 Å². The van der Waals surface area contributed by atoms with Gasteiger partial charge in [-0.25, -0.2) is 13.8 Å². The number of carbonyl (C=O) groups excluding carboxylic acids is 1. The van der Waals surface area contributed by atoms with E-state index in [-0.39, 0.29) is 25.4 Å². The number of carbonyl (C=O) groups is 1. The fraction of sp³-hybridized carbons (Fsp3) is 0.455. The van der Waals surface area contributed by atoms with E-state index in [0.717, 1.165) is 4.42 Å². The van der Waals surface area contributed by atoms with Crippen molar-refractivity contribution in [3.63, 3.8) is 0 Å². The molecule has 4 nitrogen and oxygen atoms in total. The Morgan fingerprint density at radius 3 is 3.06 bits per heavy atom. The number of rotatable bonds is 3. The van der Waals surface area contributed by atoms with Gasteiger partial charge in [0.1, 0.15) is 10.8 Å². The van der Waals surface area contributed by atoms with Gasteiger partial charge >= 0.3 is 0 Å². The number of amides is 1. The Kier molecular flexibility index (Phi) is 4.53. The van der Waals surface area contributed by atoms with Crippen LogP contribution in [0.5, 0.6) is 0 Å². The highest BCUT2D eigenvalue weighted by atomic mass is 79.9. The molecular formula is C11H12BrClFN3O. The summed E-state index contributed by atoms with van der Waals surface area (Å²) < 4.78 is 14.7. The Labute approximate surface area is 118 Å². The lowest BCUT2D eigenvalue weighted by atomic mass is 10.2. The molecule has 2 rings (SSSR count). The summed E-state index contributed by atoms with van der Waals surface area (Å²) in [6.45, 7) is 0.394. The van der Waals surface area contributed by atoms with E-state index in [1.165, 1.54) is 0 Å². The Bertz CT molecular complexity index is 448. The summed E-state index contributed by atoms with van der Waals surface area (Å²) in [4.78, 5) is 16.1. The van der Waals surface area contributed by atoms with Crippen LogP contribution in [0, 0.1) is 0 Å². The Morgan fingerprint density at radius 2 is 2.44 bits per heavy atom. The first-order valence-electron chi connectivity index (χ1n) is 5.52. The topological polar surface area (TPSA) is 45.2 Å². The third kappa shape index (κ3) is 3.40. The lowest BCUT2D eigenvalue weighted by Crippen LogP contribution is -2.38. The van der Waals surface area contributed by atoms with E-state index >= 15 is 0 Å². The molecule has 0 unspecified atom stereocenters. The molecule has 0 spiro atoms. The second-order valence-corrected chi connectivity index (χ2v) is 5.32. The SMILES string of the molecule is O=C([C@@H]1C[C@@H](F)CN1)N(Cl)Cc1cccc(Br)n1. The molecule has 1 aliphatic rings. The first kappa shape index (κ1) is 13.7. The Hall–Kier alpha value is -0.720. The van der Waals surface area contributed by atoms with Crippen LogP contribution in [0.1, 0.15) is 12.1 Å². The summed E-state index contributed by atoms with van der Waals surface area (Å²) in [6, 6.07) is 4.83. The molecular weight excluding hydrogens is 324 g/mol. The lowest BCUT2D eigenvalue weighted by molar-refractivity contribution is -0.128.